The van der Waals surface area contributed by atoms with E-state index in [1.165, 1.54) is 22.5 Å². The number of halogens is 2. The number of para-hydroxylation sites is 2. The number of nitrogens with zero attached hydrogens (tertiary/aromatic N) is 1. The molecule has 9 heteroatoms. The first-order valence-electron chi connectivity index (χ1n) is 8.29. The summed E-state index contributed by atoms with van der Waals surface area (Å²) < 4.78 is 40.2. The van der Waals surface area contributed by atoms with Gasteiger partial charge >= 0.3 is 0 Å². The zero-order chi connectivity index (χ0) is 18.7. The first-order chi connectivity index (χ1) is 12.4. The SMILES string of the molecule is Cl.Nc1ccccc1NC(=O)C1CCN(S(=O)(=O)c2ccccc2F)CC1. The minimum atomic E-state index is -3.90. The summed E-state index contributed by atoms with van der Waals surface area (Å²) in [6.45, 7) is 0.331. The molecule has 0 unspecified atom stereocenters. The molecule has 0 radical (unpaired) electrons. The number of nitrogens with one attached hydrogen (secondary N) is 1. The van der Waals surface area contributed by atoms with Gasteiger partial charge in [0.2, 0.25) is 15.9 Å². The highest BCUT2D eigenvalue weighted by Gasteiger charge is 2.33. The molecule has 0 atom stereocenters. The molecule has 0 spiro atoms. The van der Waals surface area contributed by atoms with Crippen LogP contribution in [0.15, 0.2) is 53.4 Å². The number of sulfonamides is 1. The molecule has 1 saturated heterocycles. The van der Waals surface area contributed by atoms with E-state index < -0.39 is 15.8 Å². The molecule has 0 bridgehead atoms. The molecular weight excluding hydrogens is 393 g/mol. The first-order valence-corrected chi connectivity index (χ1v) is 9.73. The van der Waals surface area contributed by atoms with Crippen molar-refractivity contribution in [3.05, 3.63) is 54.3 Å². The lowest BCUT2D eigenvalue weighted by molar-refractivity contribution is -0.120. The van der Waals surface area contributed by atoms with Crippen molar-refractivity contribution >= 4 is 39.7 Å². The van der Waals surface area contributed by atoms with Gasteiger partial charge < -0.3 is 11.1 Å². The van der Waals surface area contributed by atoms with Crippen molar-refractivity contribution in [3.8, 4) is 0 Å². The second kappa shape index (κ2) is 8.69. The van der Waals surface area contributed by atoms with E-state index in [9.17, 15) is 17.6 Å². The van der Waals surface area contributed by atoms with Crippen LogP contribution in [0.1, 0.15) is 12.8 Å². The summed E-state index contributed by atoms with van der Waals surface area (Å²) in [5.74, 6) is -1.28. The second-order valence-electron chi connectivity index (χ2n) is 6.19. The average molecular weight is 414 g/mol. The van der Waals surface area contributed by atoms with Gasteiger partial charge in [0.1, 0.15) is 10.7 Å². The lowest BCUT2D eigenvalue weighted by Crippen LogP contribution is -2.41. The Labute approximate surface area is 164 Å². The molecule has 2 aromatic carbocycles. The summed E-state index contributed by atoms with van der Waals surface area (Å²) in [6.07, 6.45) is 0.735. The summed E-state index contributed by atoms with van der Waals surface area (Å²) in [5, 5.41) is 2.78. The minimum Gasteiger partial charge on any atom is -0.397 e. The number of rotatable bonds is 4. The molecule has 6 nitrogen and oxygen atoms in total. The molecule has 27 heavy (non-hydrogen) atoms. The Morgan fingerprint density at radius 3 is 2.30 bits per heavy atom. The second-order valence-corrected chi connectivity index (χ2v) is 8.09. The van der Waals surface area contributed by atoms with Crippen LogP contribution in [0.2, 0.25) is 0 Å². The number of amides is 1. The molecule has 1 heterocycles. The van der Waals surface area contributed by atoms with Crippen molar-refractivity contribution < 1.29 is 17.6 Å². The maximum Gasteiger partial charge on any atom is 0.245 e. The number of nitrogens with two attached hydrogens (primary N) is 1. The van der Waals surface area contributed by atoms with Crippen molar-refractivity contribution in [1.82, 2.24) is 4.31 Å². The quantitative estimate of drug-likeness (QED) is 0.754. The summed E-state index contributed by atoms with van der Waals surface area (Å²) >= 11 is 0. The number of anilines is 2. The van der Waals surface area contributed by atoms with E-state index in [1.54, 1.807) is 24.3 Å². The lowest BCUT2D eigenvalue weighted by atomic mass is 9.97. The molecule has 146 valence electrons. The van der Waals surface area contributed by atoms with Crippen LogP contribution >= 0.6 is 12.4 Å². The molecule has 1 fully saturated rings. The van der Waals surface area contributed by atoms with Gasteiger partial charge in [0.05, 0.1) is 11.4 Å². The van der Waals surface area contributed by atoms with Crippen LogP contribution in [0.25, 0.3) is 0 Å². The van der Waals surface area contributed by atoms with Crippen LogP contribution in [-0.2, 0) is 14.8 Å². The van der Waals surface area contributed by atoms with E-state index in [0.29, 0.717) is 24.2 Å². The van der Waals surface area contributed by atoms with Gasteiger partial charge in [-0.1, -0.05) is 24.3 Å². The summed E-state index contributed by atoms with van der Waals surface area (Å²) in [7, 11) is -3.90. The van der Waals surface area contributed by atoms with E-state index in [-0.39, 0.29) is 42.2 Å². The highest BCUT2D eigenvalue weighted by atomic mass is 35.5. The Kier molecular flexibility index (Phi) is 6.80. The Hall–Kier alpha value is -2.16. The Balaban J connectivity index is 0.00000261. The number of nitrogen functional groups attached to an aromatic ring is 1. The summed E-state index contributed by atoms with van der Waals surface area (Å²) in [5.41, 5.74) is 6.83. The highest BCUT2D eigenvalue weighted by Crippen LogP contribution is 2.26. The number of carbonyl (C=O) groups excluding carboxylic acids is 1. The minimum absolute atomic E-state index is 0. The van der Waals surface area contributed by atoms with Crippen LogP contribution in [0.3, 0.4) is 0 Å². The average Bonchev–Trinajstić information content (AvgIpc) is 2.64. The number of piperidine rings is 1. The van der Waals surface area contributed by atoms with Crippen LogP contribution < -0.4 is 11.1 Å². The zero-order valence-electron chi connectivity index (χ0n) is 14.5. The van der Waals surface area contributed by atoms with Gasteiger partial charge in [-0.2, -0.15) is 4.31 Å². The van der Waals surface area contributed by atoms with E-state index in [0.717, 1.165) is 6.07 Å². The van der Waals surface area contributed by atoms with Crippen LogP contribution in [-0.4, -0.2) is 31.7 Å². The predicted octanol–water partition coefficient (Wildman–Crippen LogP) is 2.87. The van der Waals surface area contributed by atoms with Gasteiger partial charge in [-0.15, -0.1) is 12.4 Å². The lowest BCUT2D eigenvalue weighted by Gasteiger charge is -2.30. The topological polar surface area (TPSA) is 92.5 Å². The molecule has 1 aliphatic heterocycles. The van der Waals surface area contributed by atoms with E-state index in [4.69, 9.17) is 5.73 Å². The number of benzene rings is 2. The van der Waals surface area contributed by atoms with Crippen molar-refractivity contribution in [1.29, 1.82) is 0 Å². The Morgan fingerprint density at radius 2 is 1.67 bits per heavy atom. The largest absolute Gasteiger partial charge is 0.397 e. The fraction of sp³-hybridized carbons (Fsp3) is 0.278. The molecule has 1 aliphatic rings. The van der Waals surface area contributed by atoms with Crippen molar-refractivity contribution in [2.75, 3.05) is 24.1 Å². The smallest absolute Gasteiger partial charge is 0.245 e. The van der Waals surface area contributed by atoms with Crippen molar-refractivity contribution in [3.63, 3.8) is 0 Å². The third-order valence-electron chi connectivity index (χ3n) is 4.50. The van der Waals surface area contributed by atoms with E-state index >= 15 is 0 Å². The third kappa shape index (κ3) is 4.58. The highest BCUT2D eigenvalue weighted by molar-refractivity contribution is 7.89. The maximum absolute atomic E-state index is 13.8. The summed E-state index contributed by atoms with van der Waals surface area (Å²) in [6, 6.07) is 12.3. The molecule has 0 aromatic heterocycles. The van der Waals surface area contributed by atoms with Crippen LogP contribution in [0, 0.1) is 11.7 Å². The molecule has 1 amide bonds. The van der Waals surface area contributed by atoms with Crippen molar-refractivity contribution in [2.45, 2.75) is 17.7 Å². The number of carbonyl (C=O) groups is 1. The fourth-order valence-corrected chi connectivity index (χ4v) is 4.53. The molecule has 0 aliphatic carbocycles. The Bertz CT molecular complexity index is 916. The molecule has 3 N–H and O–H groups in total. The molecule has 3 rings (SSSR count). The number of hydrogen-bond acceptors (Lipinski definition) is 4. The van der Waals surface area contributed by atoms with Crippen molar-refractivity contribution in [2.24, 2.45) is 5.92 Å². The van der Waals surface area contributed by atoms with Gasteiger partial charge in [-0.3, -0.25) is 4.79 Å². The van der Waals surface area contributed by atoms with Crippen LogP contribution in [0.4, 0.5) is 15.8 Å². The maximum atomic E-state index is 13.8. The monoisotopic (exact) mass is 413 g/mol. The van der Waals surface area contributed by atoms with Gasteiger partial charge in [-0.25, -0.2) is 12.8 Å². The van der Waals surface area contributed by atoms with Gasteiger partial charge in [0.25, 0.3) is 0 Å². The molecular formula is C18H21ClFN3O3S. The zero-order valence-corrected chi connectivity index (χ0v) is 16.1. The van der Waals surface area contributed by atoms with Gasteiger partial charge in [0, 0.05) is 19.0 Å². The van der Waals surface area contributed by atoms with Gasteiger partial charge in [0.15, 0.2) is 0 Å². The normalized spacial score (nSPS) is 15.7. The number of hydrogen-bond donors (Lipinski definition) is 2. The van der Waals surface area contributed by atoms with E-state index in [2.05, 4.69) is 5.32 Å². The van der Waals surface area contributed by atoms with E-state index in [1.807, 2.05) is 0 Å². The van der Waals surface area contributed by atoms with Crippen LogP contribution in [0.5, 0.6) is 0 Å². The standard InChI is InChI=1S/C18H20FN3O3S.ClH/c19-14-5-1-4-8-17(14)26(24,25)22-11-9-13(10-12-22)18(23)21-16-7-3-2-6-15(16)20;/h1-8,13H,9-12,20H2,(H,21,23);1H. The molecule has 0 saturated carbocycles. The fourth-order valence-electron chi connectivity index (χ4n) is 3.00. The predicted molar refractivity (Wildman–Crippen MR) is 105 cm³/mol. The third-order valence-corrected chi connectivity index (χ3v) is 6.43. The Morgan fingerprint density at radius 1 is 1.07 bits per heavy atom. The van der Waals surface area contributed by atoms with Gasteiger partial charge in [-0.05, 0) is 37.1 Å². The first kappa shape index (κ1) is 21.1. The molecule has 2 aromatic rings. The summed E-state index contributed by atoms with van der Waals surface area (Å²) in [4.78, 5) is 12.1.